The van der Waals surface area contributed by atoms with E-state index in [1.165, 1.54) is 12.8 Å². The van der Waals surface area contributed by atoms with E-state index in [0.29, 0.717) is 22.4 Å². The second kappa shape index (κ2) is 10.4. The van der Waals surface area contributed by atoms with E-state index >= 15 is 0 Å². The molecule has 0 fully saturated rings. The van der Waals surface area contributed by atoms with Gasteiger partial charge in [-0.05, 0) is 62.8 Å². The lowest BCUT2D eigenvalue weighted by molar-refractivity contribution is 0.300. The van der Waals surface area contributed by atoms with Crippen molar-refractivity contribution >= 4 is 31.7 Å². The van der Waals surface area contributed by atoms with Gasteiger partial charge >= 0.3 is 0 Å². The van der Waals surface area contributed by atoms with Gasteiger partial charge in [0.15, 0.2) is 0 Å². The Bertz CT molecular complexity index is 1020. The predicted octanol–water partition coefficient (Wildman–Crippen LogP) is 5.05. The van der Waals surface area contributed by atoms with Crippen LogP contribution in [-0.4, -0.2) is 45.8 Å². The zero-order valence-corrected chi connectivity index (χ0v) is 19.6. The van der Waals surface area contributed by atoms with Crippen molar-refractivity contribution < 1.29 is 13.2 Å². The largest absolute Gasteiger partial charge is 0.494 e. The number of nitrogens with zero attached hydrogens (tertiary/aromatic N) is 2. The van der Waals surface area contributed by atoms with Gasteiger partial charge in [0.25, 0.3) is 10.0 Å². The van der Waals surface area contributed by atoms with Crippen molar-refractivity contribution in [3.05, 3.63) is 70.7 Å². The van der Waals surface area contributed by atoms with Crippen LogP contribution in [-0.2, 0) is 10.0 Å². The summed E-state index contributed by atoms with van der Waals surface area (Å²) in [4.78, 5) is 2.50. The fourth-order valence-corrected chi connectivity index (χ4v) is 5.15. The van der Waals surface area contributed by atoms with E-state index in [0.717, 1.165) is 37.2 Å². The first-order valence-corrected chi connectivity index (χ1v) is 12.3. The molecule has 0 saturated carbocycles. The van der Waals surface area contributed by atoms with Crippen LogP contribution in [0.15, 0.2) is 68.9 Å². The average Bonchev–Trinajstić information content (AvgIpc) is 2.98. The Morgan fingerprint density at radius 2 is 1.83 bits per heavy atom. The van der Waals surface area contributed by atoms with Crippen LogP contribution >= 0.6 is 15.9 Å². The summed E-state index contributed by atoms with van der Waals surface area (Å²) >= 11 is 3.32. The Morgan fingerprint density at radius 1 is 1.10 bits per heavy atom. The minimum atomic E-state index is -3.65. The van der Waals surface area contributed by atoms with Gasteiger partial charge in [0.2, 0.25) is 0 Å². The number of likely N-dealkylation sites (N-methyl/N-ethyl adjacent to an activating group) is 1. The maximum Gasteiger partial charge on any atom is 0.283 e. The van der Waals surface area contributed by atoms with E-state index in [4.69, 9.17) is 4.74 Å². The number of benzene rings is 2. The monoisotopic (exact) mass is 490 g/mol. The van der Waals surface area contributed by atoms with Crippen LogP contribution in [0.3, 0.4) is 0 Å². The third-order valence-electron chi connectivity index (χ3n) is 4.96. The van der Waals surface area contributed by atoms with Crippen molar-refractivity contribution in [3.63, 3.8) is 0 Å². The fraction of sp³-hybridized carbons (Fsp3) is 0.348. The highest BCUT2D eigenvalue weighted by atomic mass is 79.9. The number of halogens is 1. The number of rotatable bonds is 11. The second-order valence-electron chi connectivity index (χ2n) is 7.39. The highest BCUT2D eigenvalue weighted by Crippen LogP contribution is 2.32. The summed E-state index contributed by atoms with van der Waals surface area (Å²) in [7, 11) is -1.54. The zero-order chi connectivity index (χ0) is 21.6. The maximum absolute atomic E-state index is 12.3. The molecule has 0 aliphatic carbocycles. The van der Waals surface area contributed by atoms with Gasteiger partial charge in [0.05, 0.1) is 17.2 Å². The Hall–Kier alpha value is -1.96. The van der Waals surface area contributed by atoms with Gasteiger partial charge in [0.1, 0.15) is 5.75 Å². The van der Waals surface area contributed by atoms with Gasteiger partial charge in [-0.25, -0.2) is 0 Å². The molecule has 0 bridgehead atoms. The standard InChI is InChI=1S/C23H27BrN2O3S/c1-3-14-26(2)15-6-4-5-7-16-29-20-11-8-18(9-12-20)23-21-13-10-19(24)17-22(21)30(27,28)25-23/h3,8-13,17H,1,4-7,14-16H2,2H3. The topological polar surface area (TPSA) is 59.0 Å². The molecule has 1 aliphatic rings. The molecule has 0 saturated heterocycles. The molecule has 0 spiro atoms. The van der Waals surface area contributed by atoms with Crippen LogP contribution in [0.2, 0.25) is 0 Å². The zero-order valence-electron chi connectivity index (χ0n) is 17.2. The van der Waals surface area contributed by atoms with Crippen LogP contribution in [0.4, 0.5) is 0 Å². The van der Waals surface area contributed by atoms with Gasteiger partial charge in [-0.3, -0.25) is 0 Å². The molecule has 30 heavy (non-hydrogen) atoms. The molecule has 3 rings (SSSR count). The molecule has 0 atom stereocenters. The number of ether oxygens (including phenoxy) is 1. The lowest BCUT2D eigenvalue weighted by atomic mass is 10.0. The fourth-order valence-electron chi connectivity index (χ4n) is 3.38. The van der Waals surface area contributed by atoms with Gasteiger partial charge in [-0.15, -0.1) is 6.58 Å². The summed E-state index contributed by atoms with van der Waals surface area (Å²) in [5.41, 5.74) is 1.87. The van der Waals surface area contributed by atoms with Gasteiger partial charge in [-0.2, -0.15) is 12.8 Å². The number of sulfonamides is 1. The normalized spacial score (nSPS) is 14.4. The van der Waals surface area contributed by atoms with Crippen molar-refractivity contribution in [2.75, 3.05) is 26.7 Å². The highest BCUT2D eigenvalue weighted by molar-refractivity contribution is 9.10. The quantitative estimate of drug-likeness (QED) is 0.326. The van der Waals surface area contributed by atoms with Crippen molar-refractivity contribution in [2.45, 2.75) is 30.6 Å². The SMILES string of the molecule is C=CCN(C)CCCCCCOc1ccc(C2=NS(=O)(=O)c3cc(Br)ccc32)cc1. The van der Waals surface area contributed by atoms with Crippen LogP contribution in [0, 0.1) is 0 Å². The number of fused-ring (bicyclic) bond motifs is 1. The van der Waals surface area contributed by atoms with E-state index in [1.54, 1.807) is 12.1 Å². The van der Waals surface area contributed by atoms with Crippen molar-refractivity contribution in [2.24, 2.45) is 4.40 Å². The summed E-state index contributed by atoms with van der Waals surface area (Å²) in [5, 5.41) is 0. The highest BCUT2D eigenvalue weighted by Gasteiger charge is 2.29. The average molecular weight is 491 g/mol. The first-order chi connectivity index (χ1) is 14.4. The van der Waals surface area contributed by atoms with Crippen molar-refractivity contribution in [1.82, 2.24) is 4.90 Å². The van der Waals surface area contributed by atoms with E-state index in [9.17, 15) is 8.42 Å². The van der Waals surface area contributed by atoms with Crippen molar-refractivity contribution in [3.8, 4) is 5.75 Å². The van der Waals surface area contributed by atoms with Crippen LogP contribution in [0.5, 0.6) is 5.75 Å². The Balaban J connectivity index is 1.49. The molecular weight excluding hydrogens is 464 g/mol. The molecule has 0 amide bonds. The maximum atomic E-state index is 12.3. The second-order valence-corrected chi connectivity index (χ2v) is 9.88. The minimum absolute atomic E-state index is 0.239. The molecule has 1 heterocycles. The smallest absolute Gasteiger partial charge is 0.283 e. The Labute approximate surface area is 187 Å². The van der Waals surface area contributed by atoms with Gasteiger partial charge < -0.3 is 9.64 Å². The molecule has 160 valence electrons. The third kappa shape index (κ3) is 5.80. The molecule has 2 aromatic carbocycles. The molecule has 2 aromatic rings. The van der Waals surface area contributed by atoms with E-state index in [-0.39, 0.29) is 4.90 Å². The number of hydrogen-bond acceptors (Lipinski definition) is 4. The first-order valence-electron chi connectivity index (χ1n) is 10.1. The molecule has 0 N–H and O–H groups in total. The molecule has 1 aliphatic heterocycles. The third-order valence-corrected chi connectivity index (χ3v) is 6.77. The van der Waals surface area contributed by atoms with Gasteiger partial charge in [0, 0.05) is 22.1 Å². The molecular formula is C23H27BrN2O3S. The Morgan fingerprint density at radius 3 is 2.57 bits per heavy atom. The molecule has 5 nitrogen and oxygen atoms in total. The molecule has 0 unspecified atom stereocenters. The summed E-state index contributed by atoms with van der Waals surface area (Å²) in [6.45, 7) is 6.45. The van der Waals surface area contributed by atoms with E-state index in [1.807, 2.05) is 36.4 Å². The van der Waals surface area contributed by atoms with Gasteiger partial charge in [-0.1, -0.05) is 40.9 Å². The lowest BCUT2D eigenvalue weighted by Crippen LogP contribution is -2.19. The predicted molar refractivity (Wildman–Crippen MR) is 125 cm³/mol. The summed E-state index contributed by atoms with van der Waals surface area (Å²) in [5.74, 6) is 0.780. The number of hydrogen-bond donors (Lipinski definition) is 0. The minimum Gasteiger partial charge on any atom is -0.494 e. The van der Waals surface area contributed by atoms with Crippen LogP contribution < -0.4 is 4.74 Å². The summed E-state index contributed by atoms with van der Waals surface area (Å²) in [6.07, 6.45) is 6.45. The van der Waals surface area contributed by atoms with Crippen LogP contribution in [0.1, 0.15) is 36.8 Å². The first kappa shape index (κ1) is 22.7. The summed E-state index contributed by atoms with van der Waals surface area (Å²) < 4.78 is 35.2. The van der Waals surface area contributed by atoms with Crippen molar-refractivity contribution in [1.29, 1.82) is 0 Å². The molecule has 0 aromatic heterocycles. The Kier molecular flexibility index (Phi) is 7.86. The van der Waals surface area contributed by atoms with E-state index < -0.39 is 10.0 Å². The molecule has 7 heteroatoms. The molecule has 0 radical (unpaired) electrons. The lowest BCUT2D eigenvalue weighted by Gasteiger charge is -2.13. The van der Waals surface area contributed by atoms with E-state index in [2.05, 4.69) is 38.9 Å². The number of unbranched alkanes of at least 4 members (excludes halogenated alkanes) is 3. The van der Waals surface area contributed by atoms with Crippen LogP contribution in [0.25, 0.3) is 0 Å². The summed E-state index contributed by atoms with van der Waals surface area (Å²) in [6, 6.07) is 12.6.